The number of ether oxygens (including phenoxy) is 1. The fraction of sp³-hybridized carbons (Fsp3) is 0.467. The lowest BCUT2D eigenvalue weighted by Gasteiger charge is -2.30. The van der Waals surface area contributed by atoms with Crippen molar-refractivity contribution >= 4 is 23.5 Å². The second-order valence-electron chi connectivity index (χ2n) is 5.23. The minimum Gasteiger partial charge on any atom is -0.482 e. The first kappa shape index (κ1) is 16.6. The minimum absolute atomic E-state index is 0.125. The van der Waals surface area contributed by atoms with Crippen LogP contribution in [0.4, 0.5) is 0 Å². The predicted molar refractivity (Wildman–Crippen MR) is 81.9 cm³/mol. The van der Waals surface area contributed by atoms with E-state index in [1.165, 1.54) is 0 Å². The van der Waals surface area contributed by atoms with E-state index in [0.29, 0.717) is 30.4 Å². The molecule has 2 rings (SSSR count). The summed E-state index contributed by atoms with van der Waals surface area (Å²) in [5.74, 6) is -0.941. The van der Waals surface area contributed by atoms with Crippen molar-refractivity contribution in [3.8, 4) is 5.75 Å². The van der Waals surface area contributed by atoms with Gasteiger partial charge in [-0.05, 0) is 31.5 Å². The lowest BCUT2D eigenvalue weighted by atomic mass is 9.99. The lowest BCUT2D eigenvalue weighted by Crippen LogP contribution is -2.45. The van der Waals surface area contributed by atoms with Crippen LogP contribution in [0.2, 0.25) is 5.02 Å². The zero-order valence-electron chi connectivity index (χ0n) is 12.1. The van der Waals surface area contributed by atoms with Crippen LogP contribution in [0, 0.1) is 5.92 Å². The first-order valence-electron chi connectivity index (χ1n) is 7.15. The molecule has 1 saturated heterocycles. The molecule has 0 aliphatic carbocycles. The van der Waals surface area contributed by atoms with Crippen molar-refractivity contribution in [3.63, 3.8) is 0 Å². The van der Waals surface area contributed by atoms with Gasteiger partial charge in [0, 0.05) is 6.54 Å². The quantitative estimate of drug-likeness (QED) is 0.830. The SMILES string of the molecule is O=C(COc1ccccc1Cl)NCN1CCCC(C(=O)O)C1. The van der Waals surface area contributed by atoms with Gasteiger partial charge in [0.2, 0.25) is 0 Å². The van der Waals surface area contributed by atoms with E-state index in [0.717, 1.165) is 13.0 Å². The van der Waals surface area contributed by atoms with E-state index in [1.807, 2.05) is 4.90 Å². The summed E-state index contributed by atoms with van der Waals surface area (Å²) in [5, 5.41) is 12.2. The number of nitrogens with one attached hydrogen (secondary N) is 1. The Balaban J connectivity index is 1.71. The molecule has 1 atom stereocenters. The number of rotatable bonds is 6. The molecule has 0 bridgehead atoms. The van der Waals surface area contributed by atoms with Gasteiger partial charge < -0.3 is 15.2 Å². The summed E-state index contributed by atoms with van der Waals surface area (Å²) in [6.45, 7) is 1.45. The Bertz CT molecular complexity index is 538. The van der Waals surface area contributed by atoms with E-state index in [2.05, 4.69) is 5.32 Å². The smallest absolute Gasteiger partial charge is 0.307 e. The highest BCUT2D eigenvalue weighted by Crippen LogP contribution is 2.22. The molecule has 1 fully saturated rings. The van der Waals surface area contributed by atoms with Gasteiger partial charge in [0.15, 0.2) is 6.61 Å². The van der Waals surface area contributed by atoms with Crippen molar-refractivity contribution in [1.82, 2.24) is 10.2 Å². The molecule has 1 heterocycles. The van der Waals surface area contributed by atoms with Crippen LogP contribution in [0.1, 0.15) is 12.8 Å². The second-order valence-corrected chi connectivity index (χ2v) is 5.64. The minimum atomic E-state index is -0.780. The Hall–Kier alpha value is -1.79. The lowest BCUT2D eigenvalue weighted by molar-refractivity contribution is -0.143. The number of carboxylic acids is 1. The Morgan fingerprint density at radius 1 is 1.41 bits per heavy atom. The Morgan fingerprint density at radius 3 is 2.91 bits per heavy atom. The molecular weight excluding hydrogens is 308 g/mol. The van der Waals surface area contributed by atoms with E-state index in [4.69, 9.17) is 21.4 Å². The molecule has 1 amide bonds. The van der Waals surface area contributed by atoms with E-state index >= 15 is 0 Å². The van der Waals surface area contributed by atoms with Gasteiger partial charge in [-0.1, -0.05) is 23.7 Å². The van der Waals surface area contributed by atoms with Crippen LogP contribution in [0.3, 0.4) is 0 Å². The van der Waals surface area contributed by atoms with Crippen LogP contribution >= 0.6 is 11.6 Å². The number of carboxylic acid groups (broad SMARTS) is 1. The summed E-state index contributed by atoms with van der Waals surface area (Å²) < 4.78 is 5.34. The third-order valence-corrected chi connectivity index (χ3v) is 3.86. The molecule has 1 aromatic carbocycles. The van der Waals surface area contributed by atoms with E-state index in [1.54, 1.807) is 24.3 Å². The third-order valence-electron chi connectivity index (χ3n) is 3.55. The van der Waals surface area contributed by atoms with Crippen molar-refractivity contribution in [2.24, 2.45) is 5.92 Å². The van der Waals surface area contributed by atoms with Gasteiger partial charge in [-0.2, -0.15) is 0 Å². The molecule has 1 aromatic rings. The Kier molecular flexibility index (Phi) is 6.03. The standard InChI is InChI=1S/C15H19ClN2O4/c16-12-5-1-2-6-13(12)22-9-14(19)17-10-18-7-3-4-11(8-18)15(20)21/h1-2,5-6,11H,3-4,7-10H2,(H,17,19)(H,20,21). The highest BCUT2D eigenvalue weighted by molar-refractivity contribution is 6.32. The van der Waals surface area contributed by atoms with Crippen molar-refractivity contribution in [3.05, 3.63) is 29.3 Å². The topological polar surface area (TPSA) is 78.9 Å². The molecular formula is C15H19ClN2O4. The number of piperidine rings is 1. The normalized spacial score (nSPS) is 18.7. The summed E-state index contributed by atoms with van der Waals surface area (Å²) in [6, 6.07) is 6.94. The van der Waals surface area contributed by atoms with E-state index in [9.17, 15) is 9.59 Å². The average Bonchev–Trinajstić information content (AvgIpc) is 2.52. The molecule has 1 aliphatic rings. The molecule has 0 spiro atoms. The highest BCUT2D eigenvalue weighted by atomic mass is 35.5. The number of halogens is 1. The maximum atomic E-state index is 11.8. The maximum absolute atomic E-state index is 11.8. The Morgan fingerprint density at radius 2 is 2.18 bits per heavy atom. The monoisotopic (exact) mass is 326 g/mol. The van der Waals surface area contributed by atoms with Crippen LogP contribution in [-0.2, 0) is 9.59 Å². The number of nitrogens with zero attached hydrogens (tertiary/aromatic N) is 1. The van der Waals surface area contributed by atoms with Gasteiger partial charge in [-0.3, -0.25) is 14.5 Å². The van der Waals surface area contributed by atoms with Crippen molar-refractivity contribution in [1.29, 1.82) is 0 Å². The molecule has 0 radical (unpaired) electrons. The molecule has 0 saturated carbocycles. The molecule has 0 aromatic heterocycles. The zero-order chi connectivity index (χ0) is 15.9. The first-order valence-corrected chi connectivity index (χ1v) is 7.53. The van der Waals surface area contributed by atoms with Crippen LogP contribution in [-0.4, -0.2) is 48.2 Å². The fourth-order valence-electron chi connectivity index (χ4n) is 2.36. The molecule has 6 nitrogen and oxygen atoms in total. The number of likely N-dealkylation sites (tertiary alicyclic amines) is 1. The van der Waals surface area contributed by atoms with Gasteiger partial charge in [-0.15, -0.1) is 0 Å². The summed E-state index contributed by atoms with van der Waals surface area (Å²) in [7, 11) is 0. The zero-order valence-corrected chi connectivity index (χ0v) is 12.9. The Labute approximate surface area is 134 Å². The van der Waals surface area contributed by atoms with Crippen molar-refractivity contribution in [2.45, 2.75) is 12.8 Å². The molecule has 1 aliphatic heterocycles. The van der Waals surface area contributed by atoms with E-state index in [-0.39, 0.29) is 18.4 Å². The van der Waals surface area contributed by atoms with Gasteiger partial charge >= 0.3 is 5.97 Å². The van der Waals surface area contributed by atoms with Crippen LogP contribution < -0.4 is 10.1 Å². The molecule has 22 heavy (non-hydrogen) atoms. The fourth-order valence-corrected chi connectivity index (χ4v) is 2.55. The summed E-state index contributed by atoms with van der Waals surface area (Å²) in [5.41, 5.74) is 0. The first-order chi connectivity index (χ1) is 10.6. The van der Waals surface area contributed by atoms with E-state index < -0.39 is 5.97 Å². The number of carbonyl (C=O) groups is 2. The van der Waals surface area contributed by atoms with Crippen LogP contribution in [0.25, 0.3) is 0 Å². The number of para-hydroxylation sites is 1. The number of benzene rings is 1. The van der Waals surface area contributed by atoms with Crippen LogP contribution in [0.15, 0.2) is 24.3 Å². The maximum Gasteiger partial charge on any atom is 0.307 e. The van der Waals surface area contributed by atoms with Gasteiger partial charge in [0.05, 0.1) is 17.6 Å². The molecule has 7 heteroatoms. The summed E-state index contributed by atoms with van der Waals surface area (Å²) >= 11 is 5.93. The van der Waals surface area contributed by atoms with Gasteiger partial charge in [0.25, 0.3) is 5.91 Å². The number of aliphatic carboxylic acids is 1. The number of amides is 1. The largest absolute Gasteiger partial charge is 0.482 e. The summed E-state index contributed by atoms with van der Waals surface area (Å²) in [4.78, 5) is 24.7. The average molecular weight is 327 g/mol. The van der Waals surface area contributed by atoms with Crippen molar-refractivity contribution in [2.75, 3.05) is 26.4 Å². The third kappa shape index (κ3) is 4.89. The van der Waals surface area contributed by atoms with Gasteiger partial charge in [0.1, 0.15) is 5.75 Å². The number of hydrogen-bond acceptors (Lipinski definition) is 4. The number of carbonyl (C=O) groups excluding carboxylic acids is 1. The van der Waals surface area contributed by atoms with Crippen LogP contribution in [0.5, 0.6) is 5.75 Å². The second kappa shape index (κ2) is 8.00. The number of hydrogen-bond donors (Lipinski definition) is 2. The highest BCUT2D eigenvalue weighted by Gasteiger charge is 2.25. The predicted octanol–water partition coefficient (Wildman–Crippen LogP) is 1.59. The molecule has 120 valence electrons. The van der Waals surface area contributed by atoms with Crippen molar-refractivity contribution < 1.29 is 19.4 Å². The summed E-state index contributed by atoms with van der Waals surface area (Å²) in [6.07, 6.45) is 1.51. The molecule has 2 N–H and O–H groups in total. The van der Waals surface area contributed by atoms with Gasteiger partial charge in [-0.25, -0.2) is 0 Å². The molecule has 1 unspecified atom stereocenters.